The van der Waals surface area contributed by atoms with E-state index in [2.05, 4.69) is 11.5 Å². The molecule has 1 atom stereocenters. The van der Waals surface area contributed by atoms with Gasteiger partial charge >= 0.3 is 0 Å². The van der Waals surface area contributed by atoms with E-state index in [1.165, 1.54) is 40.6 Å². The van der Waals surface area contributed by atoms with Gasteiger partial charge in [-0.15, -0.1) is 11.3 Å². The van der Waals surface area contributed by atoms with E-state index < -0.39 is 11.8 Å². The van der Waals surface area contributed by atoms with E-state index in [1.807, 2.05) is 32.9 Å². The number of thiophene rings is 1. The van der Waals surface area contributed by atoms with Crippen LogP contribution < -0.4 is 11.2 Å². The van der Waals surface area contributed by atoms with Crippen LogP contribution in [-0.2, 0) is 4.79 Å². The van der Waals surface area contributed by atoms with Crippen LogP contribution in [0.1, 0.15) is 52.7 Å². The average molecular weight is 449 g/mol. The number of amides is 1. The molecule has 4 N–H and O–H groups in total. The lowest BCUT2D eigenvalue weighted by atomic mass is 9.70. The third-order valence-corrected chi connectivity index (χ3v) is 6.84. The van der Waals surface area contributed by atoms with Gasteiger partial charge in [-0.25, -0.2) is 5.01 Å². The van der Waals surface area contributed by atoms with Crippen molar-refractivity contribution in [2.75, 3.05) is 0 Å². The number of nitrogens with one attached hydrogen (secondary N) is 1. The number of hydrazine groups is 1. The molecule has 1 aliphatic heterocycles. The van der Waals surface area contributed by atoms with E-state index in [1.54, 1.807) is 0 Å². The highest BCUT2D eigenvalue weighted by Crippen LogP contribution is 2.49. The number of benzene rings is 1. The topological polar surface area (TPSA) is 119 Å². The molecular formula is C24H24N4O3S. The van der Waals surface area contributed by atoms with E-state index >= 15 is 0 Å². The first-order valence-electron chi connectivity index (χ1n) is 10.2. The van der Waals surface area contributed by atoms with Crippen molar-refractivity contribution in [2.45, 2.75) is 39.5 Å². The number of nitrogens with two attached hydrogens (primary N) is 1. The first-order chi connectivity index (χ1) is 15.1. The maximum absolute atomic E-state index is 13.3. The Morgan fingerprint density at radius 1 is 1.25 bits per heavy atom. The highest BCUT2D eigenvalue weighted by Gasteiger charge is 2.45. The van der Waals surface area contributed by atoms with Crippen molar-refractivity contribution in [1.82, 2.24) is 10.4 Å². The third kappa shape index (κ3) is 3.76. The minimum Gasteiger partial charge on any atom is -0.508 e. The number of Topliss-reactive ketones (excluding diaryl/α,β-unsaturated/α-hetero) is 1. The molecule has 4 rings (SSSR count). The number of allylic oxidation sites excluding steroid dienone is 3. The third-order valence-electron chi connectivity index (χ3n) is 5.77. The number of carbonyl (C=O) groups excluding carboxylic acids is 2. The predicted octanol–water partition coefficient (Wildman–Crippen LogP) is 3.84. The molecule has 2 aromatic rings. The summed E-state index contributed by atoms with van der Waals surface area (Å²) in [6, 6.07) is 11.9. The van der Waals surface area contributed by atoms with Crippen LogP contribution in [0, 0.1) is 23.7 Å². The van der Waals surface area contributed by atoms with E-state index in [0.29, 0.717) is 29.7 Å². The Bertz CT molecular complexity index is 1210. The second-order valence-corrected chi connectivity index (χ2v) is 10.2. The van der Waals surface area contributed by atoms with Crippen molar-refractivity contribution in [3.63, 3.8) is 0 Å². The summed E-state index contributed by atoms with van der Waals surface area (Å²) in [6.07, 6.45) is 0.870. The lowest BCUT2D eigenvalue weighted by molar-refractivity contribution is -0.118. The summed E-state index contributed by atoms with van der Waals surface area (Å²) in [5.41, 5.74) is 10.6. The Morgan fingerprint density at radius 3 is 2.53 bits per heavy atom. The fourth-order valence-electron chi connectivity index (χ4n) is 4.31. The van der Waals surface area contributed by atoms with Crippen molar-refractivity contribution < 1.29 is 14.7 Å². The number of hydrogen-bond donors (Lipinski definition) is 3. The van der Waals surface area contributed by atoms with E-state index in [4.69, 9.17) is 5.73 Å². The Kier molecular flexibility index (Phi) is 5.31. The Balaban J connectivity index is 1.84. The zero-order valence-electron chi connectivity index (χ0n) is 18.1. The average Bonchev–Trinajstić information content (AvgIpc) is 3.15. The second-order valence-electron chi connectivity index (χ2n) is 8.92. The van der Waals surface area contributed by atoms with Gasteiger partial charge in [0.1, 0.15) is 11.6 Å². The number of ketones is 1. The van der Waals surface area contributed by atoms with Gasteiger partial charge in [-0.2, -0.15) is 5.26 Å². The summed E-state index contributed by atoms with van der Waals surface area (Å²) < 4.78 is 0. The predicted molar refractivity (Wildman–Crippen MR) is 121 cm³/mol. The van der Waals surface area contributed by atoms with Crippen LogP contribution >= 0.6 is 11.3 Å². The van der Waals surface area contributed by atoms with Gasteiger partial charge in [-0.05, 0) is 55.2 Å². The maximum atomic E-state index is 13.3. The SMILES string of the molecule is Cc1ccc(C2C(C#N)=C(N)N(NC(=O)c3ccc(O)cc3)C3=C2C(=O)CC(C)(C)C3)s1. The van der Waals surface area contributed by atoms with Crippen LogP contribution in [0.15, 0.2) is 59.1 Å². The molecule has 0 radical (unpaired) electrons. The molecule has 164 valence electrons. The highest BCUT2D eigenvalue weighted by atomic mass is 32.1. The first kappa shape index (κ1) is 21.7. The molecule has 32 heavy (non-hydrogen) atoms. The monoisotopic (exact) mass is 448 g/mol. The van der Waals surface area contributed by atoms with Gasteiger partial charge in [0.05, 0.1) is 23.3 Å². The lowest BCUT2D eigenvalue weighted by Crippen LogP contribution is -2.49. The molecule has 1 aliphatic carbocycles. The number of phenols is 1. The van der Waals surface area contributed by atoms with Crippen LogP contribution in [0.2, 0.25) is 0 Å². The molecule has 0 bridgehead atoms. The number of phenolic OH excluding ortho intramolecular Hbond substituents is 1. The Hall–Kier alpha value is -3.57. The molecule has 2 aliphatic rings. The molecule has 2 heterocycles. The molecule has 0 fully saturated rings. The van der Waals surface area contributed by atoms with Crippen molar-refractivity contribution in [1.29, 1.82) is 5.26 Å². The second kappa shape index (κ2) is 7.84. The van der Waals surface area contributed by atoms with Gasteiger partial charge in [0.2, 0.25) is 0 Å². The summed E-state index contributed by atoms with van der Waals surface area (Å²) in [6.45, 7) is 5.97. The molecule has 0 saturated heterocycles. The lowest BCUT2D eigenvalue weighted by Gasteiger charge is -2.43. The van der Waals surface area contributed by atoms with Gasteiger partial charge in [0.15, 0.2) is 5.78 Å². The van der Waals surface area contributed by atoms with E-state index in [9.17, 15) is 20.0 Å². The summed E-state index contributed by atoms with van der Waals surface area (Å²) in [5, 5.41) is 20.9. The summed E-state index contributed by atoms with van der Waals surface area (Å²) in [4.78, 5) is 28.2. The molecule has 7 nitrogen and oxygen atoms in total. The number of nitriles is 1. The minimum atomic E-state index is -0.542. The van der Waals surface area contributed by atoms with E-state index in [-0.39, 0.29) is 28.3 Å². The van der Waals surface area contributed by atoms with Crippen LogP contribution in [-0.4, -0.2) is 21.8 Å². The van der Waals surface area contributed by atoms with Gasteiger partial charge in [-0.1, -0.05) is 13.8 Å². The quantitative estimate of drug-likeness (QED) is 0.656. The highest BCUT2D eigenvalue weighted by molar-refractivity contribution is 7.12. The largest absolute Gasteiger partial charge is 0.508 e. The van der Waals surface area contributed by atoms with Crippen molar-refractivity contribution in [3.05, 3.63) is 74.4 Å². The molecule has 1 amide bonds. The number of aryl methyl sites for hydroxylation is 1. The van der Waals surface area contributed by atoms with Crippen LogP contribution in [0.3, 0.4) is 0 Å². The van der Waals surface area contributed by atoms with Gasteiger partial charge in [0.25, 0.3) is 5.91 Å². The van der Waals surface area contributed by atoms with Crippen LogP contribution in [0.25, 0.3) is 0 Å². The molecule has 1 aromatic heterocycles. The maximum Gasteiger partial charge on any atom is 0.270 e. The molecular weight excluding hydrogens is 424 g/mol. The Morgan fingerprint density at radius 2 is 1.94 bits per heavy atom. The molecule has 8 heteroatoms. The zero-order chi connectivity index (χ0) is 23.2. The summed E-state index contributed by atoms with van der Waals surface area (Å²) >= 11 is 1.53. The number of hydrogen-bond acceptors (Lipinski definition) is 7. The fraction of sp³-hybridized carbons (Fsp3) is 0.292. The van der Waals surface area contributed by atoms with Crippen molar-refractivity contribution in [2.24, 2.45) is 11.1 Å². The number of rotatable bonds is 3. The van der Waals surface area contributed by atoms with Crippen LogP contribution in [0.4, 0.5) is 0 Å². The minimum absolute atomic E-state index is 0.0450. The molecule has 0 saturated carbocycles. The van der Waals surface area contributed by atoms with Gasteiger partial charge in [-0.3, -0.25) is 15.0 Å². The fourth-order valence-corrected chi connectivity index (χ4v) is 5.31. The molecule has 0 spiro atoms. The van der Waals surface area contributed by atoms with Gasteiger partial charge < -0.3 is 10.8 Å². The molecule has 1 unspecified atom stereocenters. The summed E-state index contributed by atoms with van der Waals surface area (Å²) in [5.74, 6) is -0.891. The number of nitrogens with zero attached hydrogens (tertiary/aromatic N) is 2. The van der Waals surface area contributed by atoms with Crippen molar-refractivity contribution in [3.8, 4) is 11.8 Å². The van der Waals surface area contributed by atoms with E-state index in [0.717, 1.165) is 9.75 Å². The van der Waals surface area contributed by atoms with Crippen LogP contribution in [0.5, 0.6) is 5.75 Å². The standard InChI is InChI=1S/C24H24N4O3S/c1-13-4-9-19(32-13)20-16(12-25)22(26)28(17-10-24(2,3)11-18(30)21(17)20)27-23(31)14-5-7-15(29)8-6-14/h4-9,20,29H,10-11,26H2,1-3H3,(H,27,31). The zero-order valence-corrected chi connectivity index (χ0v) is 18.9. The molecule has 1 aromatic carbocycles. The van der Waals surface area contributed by atoms with Crippen molar-refractivity contribution >= 4 is 23.0 Å². The smallest absolute Gasteiger partial charge is 0.270 e. The Labute approximate surface area is 190 Å². The number of carbonyl (C=O) groups is 2. The number of aromatic hydroxyl groups is 1. The summed E-state index contributed by atoms with van der Waals surface area (Å²) in [7, 11) is 0. The van der Waals surface area contributed by atoms with Gasteiger partial charge in [0, 0.05) is 27.3 Å². The normalized spacial score (nSPS) is 20.1. The first-order valence-corrected chi connectivity index (χ1v) is 11.1.